The lowest BCUT2D eigenvalue weighted by molar-refractivity contribution is -0.138. The molecule has 1 unspecified atom stereocenters. The number of benzene rings is 2. The zero-order valence-corrected chi connectivity index (χ0v) is 13.4. The van der Waals surface area contributed by atoms with Crippen LogP contribution in [0.3, 0.4) is 0 Å². The summed E-state index contributed by atoms with van der Waals surface area (Å²) in [6.07, 6.45) is 0. The fourth-order valence-electron chi connectivity index (χ4n) is 1.77. The molecule has 1 atom stereocenters. The molecule has 2 rings (SSSR count). The lowest BCUT2D eigenvalue weighted by Crippen LogP contribution is -2.07. The topological polar surface area (TPSA) is 37.3 Å². The Kier molecular flexibility index (Phi) is 5.26. The molecule has 0 aliphatic heterocycles. The molecule has 0 amide bonds. The Morgan fingerprint density at radius 1 is 1.25 bits per heavy atom. The van der Waals surface area contributed by atoms with E-state index in [-0.39, 0.29) is 0 Å². The van der Waals surface area contributed by atoms with E-state index in [4.69, 9.17) is 5.11 Å². The molecule has 4 heteroatoms. The SMILES string of the molecule is CC(C(=O)O)c1ccc(CSc2cccc(Br)c2)cc1. The molecule has 0 aliphatic carbocycles. The fourth-order valence-corrected chi connectivity index (χ4v) is 3.23. The number of carboxylic acid groups (broad SMARTS) is 1. The molecule has 0 fully saturated rings. The third-order valence-corrected chi connectivity index (χ3v) is 4.61. The predicted molar refractivity (Wildman–Crippen MR) is 86.2 cm³/mol. The van der Waals surface area contributed by atoms with E-state index < -0.39 is 11.9 Å². The van der Waals surface area contributed by atoms with Gasteiger partial charge in [-0.15, -0.1) is 11.8 Å². The highest BCUT2D eigenvalue weighted by molar-refractivity contribution is 9.10. The molecule has 2 nitrogen and oxygen atoms in total. The summed E-state index contributed by atoms with van der Waals surface area (Å²) in [7, 11) is 0. The van der Waals surface area contributed by atoms with Gasteiger partial charge in [-0.2, -0.15) is 0 Å². The average Bonchev–Trinajstić information content (AvgIpc) is 2.45. The molecule has 0 aliphatic rings. The first-order chi connectivity index (χ1) is 9.56. The van der Waals surface area contributed by atoms with Crippen LogP contribution in [0.4, 0.5) is 0 Å². The molecule has 0 spiro atoms. The molecule has 1 N–H and O–H groups in total. The summed E-state index contributed by atoms with van der Waals surface area (Å²) in [4.78, 5) is 12.1. The van der Waals surface area contributed by atoms with E-state index in [2.05, 4.69) is 28.1 Å². The van der Waals surface area contributed by atoms with Crippen molar-refractivity contribution in [3.63, 3.8) is 0 Å². The first-order valence-corrected chi connectivity index (χ1v) is 8.04. The zero-order valence-electron chi connectivity index (χ0n) is 11.0. The zero-order chi connectivity index (χ0) is 14.5. The summed E-state index contributed by atoms with van der Waals surface area (Å²) in [6.45, 7) is 1.70. The van der Waals surface area contributed by atoms with Crippen molar-refractivity contribution in [2.75, 3.05) is 0 Å². The van der Waals surface area contributed by atoms with Crippen LogP contribution in [0.2, 0.25) is 0 Å². The van der Waals surface area contributed by atoms with Crippen molar-refractivity contribution in [3.05, 3.63) is 64.1 Å². The van der Waals surface area contributed by atoms with Crippen LogP contribution in [0.5, 0.6) is 0 Å². The summed E-state index contributed by atoms with van der Waals surface area (Å²) in [5.74, 6) is -0.374. The summed E-state index contributed by atoms with van der Waals surface area (Å²) < 4.78 is 1.08. The quantitative estimate of drug-likeness (QED) is 0.776. The third-order valence-electron chi connectivity index (χ3n) is 3.05. The van der Waals surface area contributed by atoms with Gasteiger partial charge in [0.15, 0.2) is 0 Å². The number of hydrogen-bond donors (Lipinski definition) is 1. The minimum absolute atomic E-state index is 0.457. The number of hydrogen-bond acceptors (Lipinski definition) is 2. The normalized spacial score (nSPS) is 12.1. The van der Waals surface area contributed by atoms with Crippen molar-refractivity contribution in [2.45, 2.75) is 23.5 Å². The molecule has 2 aromatic carbocycles. The van der Waals surface area contributed by atoms with E-state index >= 15 is 0 Å². The number of rotatable bonds is 5. The Morgan fingerprint density at radius 2 is 1.95 bits per heavy atom. The summed E-state index contributed by atoms with van der Waals surface area (Å²) in [6, 6.07) is 16.0. The lowest BCUT2D eigenvalue weighted by Gasteiger charge is -2.08. The van der Waals surface area contributed by atoms with E-state index in [1.54, 1.807) is 18.7 Å². The van der Waals surface area contributed by atoms with Crippen LogP contribution in [-0.2, 0) is 10.5 Å². The molecule has 0 bridgehead atoms. The van der Waals surface area contributed by atoms with Gasteiger partial charge in [0.1, 0.15) is 0 Å². The highest BCUT2D eigenvalue weighted by atomic mass is 79.9. The van der Waals surface area contributed by atoms with Gasteiger partial charge in [0, 0.05) is 15.1 Å². The fraction of sp³-hybridized carbons (Fsp3) is 0.188. The van der Waals surface area contributed by atoms with Crippen LogP contribution in [0.25, 0.3) is 0 Å². The maximum atomic E-state index is 10.9. The van der Waals surface area contributed by atoms with Gasteiger partial charge >= 0.3 is 5.97 Å². The Morgan fingerprint density at radius 3 is 2.55 bits per heavy atom. The predicted octanol–water partition coefficient (Wildman–Crippen LogP) is 4.93. The van der Waals surface area contributed by atoms with Crippen molar-refractivity contribution in [2.24, 2.45) is 0 Å². The lowest BCUT2D eigenvalue weighted by atomic mass is 10.0. The molecule has 0 radical (unpaired) electrons. The molecular weight excluding hydrogens is 336 g/mol. The summed E-state index contributed by atoms with van der Waals surface area (Å²) >= 11 is 5.22. The molecule has 2 aromatic rings. The molecule has 0 aromatic heterocycles. The van der Waals surface area contributed by atoms with Crippen molar-refractivity contribution in [3.8, 4) is 0 Å². The smallest absolute Gasteiger partial charge is 0.310 e. The van der Waals surface area contributed by atoms with E-state index in [1.165, 1.54) is 10.5 Å². The van der Waals surface area contributed by atoms with E-state index in [0.29, 0.717) is 0 Å². The Labute approximate surface area is 131 Å². The van der Waals surface area contributed by atoms with Crippen molar-refractivity contribution in [1.82, 2.24) is 0 Å². The number of aliphatic carboxylic acids is 1. The van der Waals surface area contributed by atoms with Crippen molar-refractivity contribution >= 4 is 33.7 Å². The van der Waals surface area contributed by atoms with Crippen molar-refractivity contribution < 1.29 is 9.90 Å². The summed E-state index contributed by atoms with van der Waals surface area (Å²) in [5.41, 5.74) is 2.03. The molecule has 104 valence electrons. The monoisotopic (exact) mass is 350 g/mol. The molecule has 0 saturated carbocycles. The van der Waals surface area contributed by atoms with Crippen LogP contribution in [-0.4, -0.2) is 11.1 Å². The average molecular weight is 351 g/mol. The van der Waals surface area contributed by atoms with Crippen LogP contribution >= 0.6 is 27.7 Å². The largest absolute Gasteiger partial charge is 0.481 e. The Balaban J connectivity index is 1.99. The number of carbonyl (C=O) groups is 1. The maximum absolute atomic E-state index is 10.9. The van der Waals surface area contributed by atoms with Gasteiger partial charge in [0.25, 0.3) is 0 Å². The number of carboxylic acids is 1. The van der Waals surface area contributed by atoms with Gasteiger partial charge in [0.2, 0.25) is 0 Å². The Hall–Kier alpha value is -1.26. The van der Waals surface area contributed by atoms with Crippen LogP contribution in [0.15, 0.2) is 57.9 Å². The van der Waals surface area contributed by atoms with Gasteiger partial charge in [-0.3, -0.25) is 4.79 Å². The van der Waals surface area contributed by atoms with Gasteiger partial charge in [-0.25, -0.2) is 0 Å². The Bertz CT molecular complexity index is 596. The van der Waals surface area contributed by atoms with Crippen LogP contribution in [0.1, 0.15) is 24.0 Å². The first-order valence-electron chi connectivity index (χ1n) is 6.26. The van der Waals surface area contributed by atoms with Crippen LogP contribution in [0, 0.1) is 0 Å². The molecular formula is C16H15BrO2S. The van der Waals surface area contributed by atoms with E-state index in [1.807, 2.05) is 36.4 Å². The molecule has 20 heavy (non-hydrogen) atoms. The van der Waals surface area contributed by atoms with E-state index in [0.717, 1.165) is 15.8 Å². The summed E-state index contributed by atoms with van der Waals surface area (Å²) in [5, 5.41) is 8.97. The highest BCUT2D eigenvalue weighted by Crippen LogP contribution is 2.26. The minimum Gasteiger partial charge on any atom is -0.481 e. The third kappa shape index (κ3) is 4.12. The number of thioether (sulfide) groups is 1. The minimum atomic E-state index is -0.790. The molecule has 0 saturated heterocycles. The second-order valence-electron chi connectivity index (χ2n) is 4.55. The van der Waals surface area contributed by atoms with Gasteiger partial charge in [-0.1, -0.05) is 46.3 Å². The van der Waals surface area contributed by atoms with E-state index in [9.17, 15) is 4.79 Å². The van der Waals surface area contributed by atoms with Gasteiger partial charge in [0.05, 0.1) is 5.92 Å². The van der Waals surface area contributed by atoms with Gasteiger partial charge in [-0.05, 0) is 36.2 Å². The van der Waals surface area contributed by atoms with Gasteiger partial charge < -0.3 is 5.11 Å². The standard InChI is InChI=1S/C16H15BrO2S/c1-11(16(18)19)13-7-5-12(6-8-13)10-20-15-4-2-3-14(17)9-15/h2-9,11H,10H2,1H3,(H,18,19). The first kappa shape index (κ1) is 15.1. The second kappa shape index (κ2) is 6.95. The number of halogens is 1. The molecule has 0 heterocycles. The van der Waals surface area contributed by atoms with Crippen LogP contribution < -0.4 is 0 Å². The highest BCUT2D eigenvalue weighted by Gasteiger charge is 2.12. The maximum Gasteiger partial charge on any atom is 0.310 e. The second-order valence-corrected chi connectivity index (χ2v) is 6.51. The van der Waals surface area contributed by atoms with Crippen molar-refractivity contribution in [1.29, 1.82) is 0 Å².